The molecule has 100 valence electrons. The standard InChI is InChI=1S/C17H21NO/c1-12-14-10-11-15(13-8-6-5-7-9-13)18(14)16(19-4)17(12,2)3/h5-12,16H,1-4H3. The van der Waals surface area contributed by atoms with Crippen molar-refractivity contribution in [1.29, 1.82) is 0 Å². The predicted molar refractivity (Wildman–Crippen MR) is 78.1 cm³/mol. The number of methoxy groups -OCH3 is 1. The first-order valence-corrected chi connectivity index (χ1v) is 6.86. The van der Waals surface area contributed by atoms with Crippen LogP contribution in [0.2, 0.25) is 0 Å². The smallest absolute Gasteiger partial charge is 0.139 e. The second-order valence-electron chi connectivity index (χ2n) is 6.01. The zero-order valence-corrected chi connectivity index (χ0v) is 12.1. The number of benzene rings is 1. The Kier molecular flexibility index (Phi) is 2.79. The van der Waals surface area contributed by atoms with Gasteiger partial charge in [-0.3, -0.25) is 0 Å². The average Bonchev–Trinajstić information content (AvgIpc) is 2.90. The Morgan fingerprint density at radius 2 is 1.74 bits per heavy atom. The molecule has 2 aromatic rings. The van der Waals surface area contributed by atoms with E-state index in [9.17, 15) is 0 Å². The summed E-state index contributed by atoms with van der Waals surface area (Å²) in [6.07, 6.45) is 0.0997. The molecule has 3 rings (SSSR count). The van der Waals surface area contributed by atoms with Crippen molar-refractivity contribution in [1.82, 2.24) is 4.57 Å². The van der Waals surface area contributed by atoms with Gasteiger partial charge in [-0.1, -0.05) is 51.1 Å². The monoisotopic (exact) mass is 255 g/mol. The minimum absolute atomic E-state index is 0.0997. The first-order valence-electron chi connectivity index (χ1n) is 6.86. The summed E-state index contributed by atoms with van der Waals surface area (Å²) in [7, 11) is 1.81. The SMILES string of the molecule is COC1n2c(-c3ccccc3)ccc2C(C)C1(C)C. The van der Waals surface area contributed by atoms with Gasteiger partial charge in [-0.15, -0.1) is 0 Å². The molecule has 0 fully saturated rings. The van der Waals surface area contributed by atoms with Crippen molar-refractivity contribution >= 4 is 0 Å². The van der Waals surface area contributed by atoms with Gasteiger partial charge >= 0.3 is 0 Å². The van der Waals surface area contributed by atoms with Gasteiger partial charge < -0.3 is 9.30 Å². The van der Waals surface area contributed by atoms with E-state index >= 15 is 0 Å². The third-order valence-electron chi connectivity index (χ3n) is 4.67. The van der Waals surface area contributed by atoms with Crippen molar-refractivity contribution in [3.8, 4) is 11.3 Å². The molecule has 0 saturated heterocycles. The molecule has 2 unspecified atom stereocenters. The van der Waals surface area contributed by atoms with E-state index in [1.807, 2.05) is 7.11 Å². The van der Waals surface area contributed by atoms with Crippen LogP contribution in [0.5, 0.6) is 0 Å². The molecule has 0 amide bonds. The molecule has 0 bridgehead atoms. The molecule has 2 atom stereocenters. The van der Waals surface area contributed by atoms with Crippen LogP contribution in [0.25, 0.3) is 11.3 Å². The van der Waals surface area contributed by atoms with Crippen LogP contribution >= 0.6 is 0 Å². The Labute approximate surface area is 115 Å². The molecule has 1 aromatic heterocycles. The van der Waals surface area contributed by atoms with Crippen LogP contribution in [0.4, 0.5) is 0 Å². The number of hydrogen-bond acceptors (Lipinski definition) is 1. The molecule has 0 saturated carbocycles. The summed E-state index contributed by atoms with van der Waals surface area (Å²) < 4.78 is 8.17. The Hall–Kier alpha value is -1.54. The van der Waals surface area contributed by atoms with Gasteiger partial charge in [-0.25, -0.2) is 0 Å². The third-order valence-corrected chi connectivity index (χ3v) is 4.67. The molecule has 19 heavy (non-hydrogen) atoms. The quantitative estimate of drug-likeness (QED) is 0.773. The molecular formula is C17H21NO. The van der Waals surface area contributed by atoms with Gasteiger partial charge in [0.1, 0.15) is 6.23 Å². The van der Waals surface area contributed by atoms with Gasteiger partial charge in [0.05, 0.1) is 5.69 Å². The van der Waals surface area contributed by atoms with Crippen LogP contribution < -0.4 is 0 Å². The molecule has 0 spiro atoms. The lowest BCUT2D eigenvalue weighted by Crippen LogP contribution is -2.25. The maximum Gasteiger partial charge on any atom is 0.139 e. The second kappa shape index (κ2) is 4.24. The topological polar surface area (TPSA) is 14.2 Å². The van der Waals surface area contributed by atoms with Crippen molar-refractivity contribution in [3.05, 3.63) is 48.2 Å². The lowest BCUT2D eigenvalue weighted by atomic mass is 9.80. The molecule has 1 aliphatic heterocycles. The van der Waals surface area contributed by atoms with E-state index in [1.54, 1.807) is 0 Å². The van der Waals surface area contributed by atoms with Crippen molar-refractivity contribution in [2.24, 2.45) is 5.41 Å². The Balaban J connectivity index is 2.17. The van der Waals surface area contributed by atoms with Gasteiger partial charge in [-0.05, 0) is 17.7 Å². The molecule has 2 nitrogen and oxygen atoms in total. The first-order chi connectivity index (χ1) is 9.07. The van der Waals surface area contributed by atoms with E-state index in [1.165, 1.54) is 17.0 Å². The van der Waals surface area contributed by atoms with Crippen molar-refractivity contribution in [2.45, 2.75) is 32.9 Å². The summed E-state index contributed by atoms with van der Waals surface area (Å²) in [5.74, 6) is 0.495. The third kappa shape index (κ3) is 1.67. The maximum absolute atomic E-state index is 5.81. The molecule has 2 heteroatoms. The first kappa shape index (κ1) is 12.5. The lowest BCUT2D eigenvalue weighted by Gasteiger charge is -2.30. The predicted octanol–water partition coefficient (Wildman–Crippen LogP) is 4.44. The average molecular weight is 255 g/mol. The molecule has 2 heterocycles. The fraction of sp³-hybridized carbons (Fsp3) is 0.412. The summed E-state index contributed by atoms with van der Waals surface area (Å²) in [6, 6.07) is 15.0. The highest BCUT2D eigenvalue weighted by Crippen LogP contribution is 2.53. The van der Waals surface area contributed by atoms with Crippen LogP contribution in [0.15, 0.2) is 42.5 Å². The highest BCUT2D eigenvalue weighted by Gasteiger charge is 2.46. The number of fused-ring (bicyclic) bond motifs is 1. The summed E-state index contributed by atoms with van der Waals surface area (Å²) in [5, 5.41) is 0. The molecule has 0 radical (unpaired) electrons. The zero-order valence-electron chi connectivity index (χ0n) is 12.1. The number of hydrogen-bond donors (Lipinski definition) is 0. The number of aromatic nitrogens is 1. The second-order valence-corrected chi connectivity index (χ2v) is 6.01. The van der Waals surface area contributed by atoms with E-state index < -0.39 is 0 Å². The largest absolute Gasteiger partial charge is 0.361 e. The van der Waals surface area contributed by atoms with Gasteiger partial charge in [0, 0.05) is 24.1 Å². The van der Waals surface area contributed by atoms with E-state index in [0.717, 1.165) is 0 Å². The fourth-order valence-corrected chi connectivity index (χ4v) is 3.26. The molecular weight excluding hydrogens is 234 g/mol. The molecule has 0 aliphatic carbocycles. The van der Waals surface area contributed by atoms with E-state index in [2.05, 4.69) is 67.8 Å². The number of nitrogens with zero attached hydrogens (tertiary/aromatic N) is 1. The molecule has 0 N–H and O–H groups in total. The van der Waals surface area contributed by atoms with Crippen LogP contribution in [0.1, 0.15) is 38.6 Å². The lowest BCUT2D eigenvalue weighted by molar-refractivity contribution is -0.0338. The summed E-state index contributed by atoms with van der Waals surface area (Å²) in [4.78, 5) is 0. The van der Waals surface area contributed by atoms with Crippen LogP contribution in [0.3, 0.4) is 0 Å². The van der Waals surface area contributed by atoms with Crippen molar-refractivity contribution in [2.75, 3.05) is 7.11 Å². The van der Waals surface area contributed by atoms with E-state index in [-0.39, 0.29) is 11.6 Å². The maximum atomic E-state index is 5.81. The van der Waals surface area contributed by atoms with Crippen molar-refractivity contribution < 1.29 is 4.74 Å². The minimum Gasteiger partial charge on any atom is -0.361 e. The van der Waals surface area contributed by atoms with E-state index in [0.29, 0.717) is 5.92 Å². The van der Waals surface area contributed by atoms with Gasteiger partial charge in [0.25, 0.3) is 0 Å². The summed E-state index contributed by atoms with van der Waals surface area (Å²) in [6.45, 7) is 6.86. The van der Waals surface area contributed by atoms with Crippen LogP contribution in [-0.2, 0) is 4.74 Å². The Bertz CT molecular complexity index is 583. The number of rotatable bonds is 2. The normalized spacial score (nSPS) is 24.4. The highest BCUT2D eigenvalue weighted by atomic mass is 16.5. The highest BCUT2D eigenvalue weighted by molar-refractivity contribution is 5.62. The van der Waals surface area contributed by atoms with Crippen LogP contribution in [0, 0.1) is 5.41 Å². The minimum atomic E-state index is 0.0997. The van der Waals surface area contributed by atoms with Crippen LogP contribution in [-0.4, -0.2) is 11.7 Å². The molecule has 1 aromatic carbocycles. The van der Waals surface area contributed by atoms with Gasteiger partial charge in [-0.2, -0.15) is 0 Å². The van der Waals surface area contributed by atoms with Gasteiger partial charge in [0.15, 0.2) is 0 Å². The van der Waals surface area contributed by atoms with Gasteiger partial charge in [0.2, 0.25) is 0 Å². The molecule has 1 aliphatic rings. The van der Waals surface area contributed by atoms with Crippen molar-refractivity contribution in [3.63, 3.8) is 0 Å². The summed E-state index contributed by atoms with van der Waals surface area (Å²) in [5.41, 5.74) is 3.99. The summed E-state index contributed by atoms with van der Waals surface area (Å²) >= 11 is 0. The fourth-order valence-electron chi connectivity index (χ4n) is 3.26. The number of ether oxygens (including phenoxy) is 1. The Morgan fingerprint density at radius 3 is 2.37 bits per heavy atom. The Morgan fingerprint density at radius 1 is 1.05 bits per heavy atom. The van der Waals surface area contributed by atoms with E-state index in [4.69, 9.17) is 4.74 Å². The zero-order chi connectivity index (χ0) is 13.6.